The molecule has 0 aromatic heterocycles. The van der Waals surface area contributed by atoms with E-state index in [4.69, 9.17) is 33.0 Å². The molecular weight excluding hydrogens is 485 g/mol. The van der Waals surface area contributed by atoms with Gasteiger partial charge in [-0.1, -0.05) is 53.5 Å². The van der Waals surface area contributed by atoms with Gasteiger partial charge in [-0.05, 0) is 55.1 Å². The van der Waals surface area contributed by atoms with Gasteiger partial charge in [-0.15, -0.1) is 0 Å². The predicted octanol–water partition coefficient (Wildman–Crippen LogP) is 5.35. The van der Waals surface area contributed by atoms with E-state index in [2.05, 4.69) is 0 Å². The van der Waals surface area contributed by atoms with Crippen LogP contribution in [-0.2, 0) is 14.6 Å². The maximum absolute atomic E-state index is 12.9. The molecule has 33 heavy (non-hydrogen) atoms. The lowest BCUT2D eigenvalue weighted by Gasteiger charge is -2.22. The molecule has 9 heteroatoms. The highest BCUT2D eigenvalue weighted by Gasteiger charge is 2.20. The highest BCUT2D eigenvalue weighted by Crippen LogP contribution is 2.30. The van der Waals surface area contributed by atoms with Crippen molar-refractivity contribution in [1.29, 1.82) is 0 Å². The first-order valence-corrected chi connectivity index (χ1v) is 12.3. The van der Waals surface area contributed by atoms with E-state index in [0.29, 0.717) is 18.7 Å². The molecule has 0 aliphatic rings. The quantitative estimate of drug-likeness (QED) is 0.398. The zero-order valence-electron chi connectivity index (χ0n) is 17.8. The molecule has 0 aliphatic carbocycles. The van der Waals surface area contributed by atoms with Gasteiger partial charge in [0.2, 0.25) is 9.84 Å². The van der Waals surface area contributed by atoms with Crippen molar-refractivity contribution in [3.05, 3.63) is 88.4 Å². The van der Waals surface area contributed by atoms with Crippen molar-refractivity contribution in [2.45, 2.75) is 22.3 Å². The lowest BCUT2D eigenvalue weighted by molar-refractivity contribution is -0.138. The van der Waals surface area contributed by atoms with Crippen molar-refractivity contribution in [1.82, 2.24) is 4.90 Å². The Kier molecular flexibility index (Phi) is 8.37. The van der Waals surface area contributed by atoms with E-state index in [1.165, 1.54) is 30.3 Å². The summed E-state index contributed by atoms with van der Waals surface area (Å²) in [6.07, 6.45) is 0.219. The van der Waals surface area contributed by atoms with Crippen LogP contribution >= 0.6 is 23.2 Å². The van der Waals surface area contributed by atoms with E-state index in [0.717, 1.165) is 5.56 Å². The van der Waals surface area contributed by atoms with Crippen LogP contribution in [0.5, 0.6) is 5.75 Å². The van der Waals surface area contributed by atoms with Gasteiger partial charge in [0.15, 0.2) is 0 Å². The molecule has 0 amide bonds. The monoisotopic (exact) mass is 507 g/mol. The molecule has 0 radical (unpaired) electrons. The van der Waals surface area contributed by atoms with Crippen molar-refractivity contribution in [3.63, 3.8) is 0 Å². The highest BCUT2D eigenvalue weighted by molar-refractivity contribution is 7.91. The summed E-state index contributed by atoms with van der Waals surface area (Å²) >= 11 is 11.9. The number of nitrogens with zero attached hydrogens (tertiary/aromatic N) is 1. The summed E-state index contributed by atoms with van der Waals surface area (Å²) in [7, 11) is -2.03. The molecule has 1 atom stereocenters. The number of sulfone groups is 1. The predicted molar refractivity (Wildman–Crippen MR) is 128 cm³/mol. The number of carboxylic acid groups (broad SMARTS) is 1. The average Bonchev–Trinajstić information content (AvgIpc) is 2.79. The van der Waals surface area contributed by atoms with Gasteiger partial charge in [-0.2, -0.15) is 0 Å². The van der Waals surface area contributed by atoms with E-state index in [9.17, 15) is 13.2 Å². The van der Waals surface area contributed by atoms with E-state index in [1.807, 2.05) is 30.3 Å². The lowest BCUT2D eigenvalue weighted by atomic mass is 10.1. The summed E-state index contributed by atoms with van der Waals surface area (Å²) in [5.74, 6) is -0.397. The van der Waals surface area contributed by atoms with Gasteiger partial charge in [-0.25, -0.2) is 8.42 Å². The first-order valence-electron chi connectivity index (χ1n) is 10.1. The third kappa shape index (κ3) is 6.71. The summed E-state index contributed by atoms with van der Waals surface area (Å²) < 4.78 is 32.0. The van der Waals surface area contributed by atoms with Gasteiger partial charge >= 0.3 is 5.97 Å². The fraction of sp³-hybridized carbons (Fsp3) is 0.208. The second-order valence-corrected chi connectivity index (χ2v) is 10.3. The number of hydrogen-bond acceptors (Lipinski definition) is 5. The summed E-state index contributed by atoms with van der Waals surface area (Å²) in [4.78, 5) is 12.8. The van der Waals surface area contributed by atoms with Crippen molar-refractivity contribution in [3.8, 4) is 5.75 Å². The summed E-state index contributed by atoms with van der Waals surface area (Å²) in [5.41, 5.74) is 0.939. The average molecular weight is 508 g/mol. The van der Waals surface area contributed by atoms with Crippen LogP contribution in [0.3, 0.4) is 0 Å². The van der Waals surface area contributed by atoms with E-state index in [1.54, 1.807) is 24.1 Å². The van der Waals surface area contributed by atoms with Gasteiger partial charge in [0, 0.05) is 13.0 Å². The maximum atomic E-state index is 12.9. The first kappa shape index (κ1) is 25.1. The molecule has 6 nitrogen and oxygen atoms in total. The van der Waals surface area contributed by atoms with E-state index < -0.39 is 15.8 Å². The lowest BCUT2D eigenvalue weighted by Crippen LogP contribution is -2.28. The maximum Gasteiger partial charge on any atom is 0.317 e. The minimum Gasteiger partial charge on any atom is -0.486 e. The van der Waals surface area contributed by atoms with Crippen LogP contribution in [0.1, 0.15) is 18.1 Å². The molecule has 3 aromatic rings. The Bertz CT molecular complexity index is 1200. The summed E-state index contributed by atoms with van der Waals surface area (Å²) in [5, 5.41) is 9.41. The van der Waals surface area contributed by atoms with Crippen molar-refractivity contribution < 1.29 is 23.1 Å². The number of hydrogen-bond donors (Lipinski definition) is 1. The second-order valence-electron chi connectivity index (χ2n) is 7.49. The molecule has 0 saturated heterocycles. The minimum absolute atomic E-state index is 0.0502. The zero-order valence-corrected chi connectivity index (χ0v) is 20.1. The fourth-order valence-electron chi connectivity index (χ4n) is 3.25. The molecule has 0 spiro atoms. The topological polar surface area (TPSA) is 83.9 Å². The highest BCUT2D eigenvalue weighted by atomic mass is 35.5. The Labute approximate surface area is 203 Å². The zero-order chi connectivity index (χ0) is 24.0. The summed E-state index contributed by atoms with van der Waals surface area (Å²) in [6.45, 7) is 0.443. The smallest absolute Gasteiger partial charge is 0.317 e. The molecule has 0 bridgehead atoms. The van der Waals surface area contributed by atoms with E-state index >= 15 is 0 Å². The van der Waals surface area contributed by atoms with Crippen LogP contribution < -0.4 is 4.74 Å². The molecule has 0 fully saturated rings. The number of likely N-dealkylation sites (N-methyl/N-ethyl adjacent to an activating group) is 1. The third-order valence-corrected chi connectivity index (χ3v) is 7.47. The molecule has 0 heterocycles. The Morgan fingerprint density at radius 1 is 0.970 bits per heavy atom. The number of carbonyl (C=O) groups is 1. The number of aliphatic carboxylic acids is 1. The van der Waals surface area contributed by atoms with Gasteiger partial charge in [0.1, 0.15) is 11.9 Å². The first-order chi connectivity index (χ1) is 15.7. The number of rotatable bonds is 10. The SMILES string of the molecule is CN(CCC(Oc1ccc(S(=O)(=O)c2ccc(Cl)c(Cl)c2)cc1)c1ccccc1)CC(=O)O. The summed E-state index contributed by atoms with van der Waals surface area (Å²) in [6, 6.07) is 19.9. The number of halogens is 2. The number of benzene rings is 3. The van der Waals surface area contributed by atoms with Crippen molar-refractivity contribution >= 4 is 39.0 Å². The van der Waals surface area contributed by atoms with Crippen LogP contribution in [-0.4, -0.2) is 44.5 Å². The number of ether oxygens (including phenoxy) is 1. The Balaban J connectivity index is 1.78. The molecule has 0 aliphatic heterocycles. The molecular formula is C24H23Cl2NO5S. The number of carboxylic acids is 1. The van der Waals surface area contributed by atoms with Crippen LogP contribution in [0.4, 0.5) is 0 Å². The normalized spacial score (nSPS) is 12.5. The molecule has 1 N–H and O–H groups in total. The van der Waals surface area contributed by atoms with Crippen molar-refractivity contribution in [2.24, 2.45) is 0 Å². The third-order valence-electron chi connectivity index (χ3n) is 4.96. The van der Waals surface area contributed by atoms with Gasteiger partial charge in [0.05, 0.1) is 26.4 Å². The minimum atomic E-state index is -3.77. The van der Waals surface area contributed by atoms with Gasteiger partial charge in [0.25, 0.3) is 0 Å². The fourth-order valence-corrected chi connectivity index (χ4v) is 4.90. The molecule has 1 unspecified atom stereocenters. The van der Waals surface area contributed by atoms with Gasteiger partial charge in [-0.3, -0.25) is 9.69 Å². The van der Waals surface area contributed by atoms with Crippen LogP contribution in [0, 0.1) is 0 Å². The molecule has 0 saturated carbocycles. The molecule has 3 aromatic carbocycles. The standard InChI is InChI=1S/C24H23Cl2NO5S/c1-27(16-24(28)29)14-13-23(17-5-3-2-4-6-17)32-18-7-9-19(10-8-18)33(30,31)20-11-12-21(25)22(26)15-20/h2-12,15,23H,13-14,16H2,1H3,(H,28,29). The van der Waals surface area contributed by atoms with Crippen LogP contribution in [0.2, 0.25) is 10.0 Å². The van der Waals surface area contributed by atoms with Crippen LogP contribution in [0.25, 0.3) is 0 Å². The largest absolute Gasteiger partial charge is 0.486 e. The molecule has 3 rings (SSSR count). The Morgan fingerprint density at radius 2 is 1.61 bits per heavy atom. The van der Waals surface area contributed by atoms with Crippen LogP contribution in [0.15, 0.2) is 82.6 Å². The second kappa shape index (κ2) is 11.0. The molecule has 174 valence electrons. The van der Waals surface area contributed by atoms with Gasteiger partial charge < -0.3 is 9.84 Å². The Morgan fingerprint density at radius 3 is 2.21 bits per heavy atom. The Hall–Kier alpha value is -2.58. The van der Waals surface area contributed by atoms with Crippen molar-refractivity contribution in [2.75, 3.05) is 20.1 Å². The van der Waals surface area contributed by atoms with E-state index in [-0.39, 0.29) is 32.5 Å².